The number of nitrogens with one attached hydrogen (secondary N) is 2. The summed E-state index contributed by atoms with van der Waals surface area (Å²) < 4.78 is 0.946. The molecule has 0 heterocycles. The van der Waals surface area contributed by atoms with Gasteiger partial charge in [0.05, 0.1) is 10.7 Å². The highest BCUT2D eigenvalue weighted by atomic mass is 79.9. The third-order valence-corrected chi connectivity index (χ3v) is 4.36. The fourth-order valence-corrected chi connectivity index (χ4v) is 2.71. The minimum atomic E-state index is -0.554. The summed E-state index contributed by atoms with van der Waals surface area (Å²) in [7, 11) is 0. The maximum atomic E-state index is 12.1. The van der Waals surface area contributed by atoms with Crippen molar-refractivity contribution in [2.75, 3.05) is 5.32 Å². The van der Waals surface area contributed by atoms with Gasteiger partial charge in [0.15, 0.2) is 0 Å². The summed E-state index contributed by atoms with van der Waals surface area (Å²) in [6.07, 6.45) is 1.37. The molecule has 0 saturated carbocycles. The molecule has 24 heavy (non-hydrogen) atoms. The van der Waals surface area contributed by atoms with Gasteiger partial charge in [-0.1, -0.05) is 57.3 Å². The third-order valence-electron chi connectivity index (χ3n) is 3.04. The maximum Gasteiger partial charge on any atom is 0.267 e. The molecule has 2 aromatic carbocycles. The Labute approximate surface area is 158 Å². The topological polar surface area (TPSA) is 64.9 Å². The Hall–Kier alpha value is -2.00. The molecule has 0 radical (unpaired) electrons. The molecule has 0 aliphatic rings. The SMILES string of the molecule is N#C/C(=C/NCc1ccccc1Br)C(=O)Nc1ccc(Cl)cc1Cl. The second-order valence-electron chi connectivity index (χ2n) is 4.72. The standard InChI is InChI=1S/C17H12BrCl2N3O/c18-14-4-2-1-3-11(14)9-22-10-12(8-21)17(24)23-16-6-5-13(19)7-15(16)20/h1-7,10,22H,9H2,(H,23,24)/b12-10-. The van der Waals surface area contributed by atoms with Crippen LogP contribution >= 0.6 is 39.1 Å². The summed E-state index contributed by atoms with van der Waals surface area (Å²) in [6.45, 7) is 0.474. The van der Waals surface area contributed by atoms with Gasteiger partial charge < -0.3 is 10.6 Å². The van der Waals surface area contributed by atoms with Crippen LogP contribution in [0.1, 0.15) is 5.56 Å². The number of amides is 1. The van der Waals surface area contributed by atoms with Gasteiger partial charge in [-0.2, -0.15) is 5.26 Å². The summed E-state index contributed by atoms with van der Waals surface area (Å²) in [5.41, 5.74) is 1.33. The number of hydrogen-bond donors (Lipinski definition) is 2. The Morgan fingerprint density at radius 2 is 2.00 bits per heavy atom. The molecule has 2 rings (SSSR count). The van der Waals surface area contributed by atoms with Crippen LogP contribution in [0.15, 0.2) is 58.7 Å². The van der Waals surface area contributed by atoms with Crippen molar-refractivity contribution in [1.29, 1.82) is 5.26 Å². The quantitative estimate of drug-likeness (QED) is 0.530. The zero-order valence-electron chi connectivity index (χ0n) is 12.3. The normalized spacial score (nSPS) is 10.8. The summed E-state index contributed by atoms with van der Waals surface area (Å²) in [6, 6.07) is 14.2. The molecule has 4 nitrogen and oxygen atoms in total. The van der Waals surface area contributed by atoms with Crippen LogP contribution < -0.4 is 10.6 Å². The zero-order valence-corrected chi connectivity index (χ0v) is 15.4. The van der Waals surface area contributed by atoms with Crippen LogP contribution in [-0.2, 0) is 11.3 Å². The Kier molecular flexibility index (Phi) is 6.68. The van der Waals surface area contributed by atoms with E-state index in [0.717, 1.165) is 10.0 Å². The van der Waals surface area contributed by atoms with Gasteiger partial charge in [0.25, 0.3) is 5.91 Å². The van der Waals surface area contributed by atoms with Gasteiger partial charge >= 0.3 is 0 Å². The first-order valence-electron chi connectivity index (χ1n) is 6.84. The summed E-state index contributed by atoms with van der Waals surface area (Å²) >= 11 is 15.2. The molecule has 7 heteroatoms. The average Bonchev–Trinajstić information content (AvgIpc) is 2.55. The van der Waals surface area contributed by atoms with E-state index in [0.29, 0.717) is 22.3 Å². The van der Waals surface area contributed by atoms with Gasteiger partial charge in [-0.05, 0) is 29.8 Å². The average molecular weight is 425 g/mol. The van der Waals surface area contributed by atoms with E-state index in [2.05, 4.69) is 26.6 Å². The van der Waals surface area contributed by atoms with E-state index in [1.807, 2.05) is 30.3 Å². The summed E-state index contributed by atoms with van der Waals surface area (Å²) in [5, 5.41) is 15.5. The molecule has 2 N–H and O–H groups in total. The van der Waals surface area contributed by atoms with Gasteiger partial charge in [-0.3, -0.25) is 4.79 Å². The van der Waals surface area contributed by atoms with Gasteiger partial charge in [-0.15, -0.1) is 0 Å². The number of carbonyl (C=O) groups excluding carboxylic acids is 1. The number of nitrogens with zero attached hydrogens (tertiary/aromatic N) is 1. The van der Waals surface area contributed by atoms with Crippen molar-refractivity contribution in [3.63, 3.8) is 0 Å². The molecule has 0 atom stereocenters. The largest absolute Gasteiger partial charge is 0.386 e. The first-order chi connectivity index (χ1) is 11.5. The summed E-state index contributed by atoms with van der Waals surface area (Å²) in [4.78, 5) is 12.1. The number of rotatable bonds is 5. The molecular weight excluding hydrogens is 413 g/mol. The number of nitriles is 1. The van der Waals surface area contributed by atoms with Gasteiger partial charge in [0.2, 0.25) is 0 Å². The highest BCUT2D eigenvalue weighted by Crippen LogP contribution is 2.25. The number of hydrogen-bond acceptors (Lipinski definition) is 3. The highest BCUT2D eigenvalue weighted by Gasteiger charge is 2.11. The molecule has 0 fully saturated rings. The van der Waals surface area contributed by atoms with E-state index in [1.54, 1.807) is 12.1 Å². The smallest absolute Gasteiger partial charge is 0.267 e. The van der Waals surface area contributed by atoms with Crippen LogP contribution in [0.3, 0.4) is 0 Å². The highest BCUT2D eigenvalue weighted by molar-refractivity contribution is 9.10. The van der Waals surface area contributed by atoms with E-state index >= 15 is 0 Å². The zero-order chi connectivity index (χ0) is 17.5. The Morgan fingerprint density at radius 3 is 2.67 bits per heavy atom. The van der Waals surface area contributed by atoms with E-state index in [9.17, 15) is 4.79 Å². The third kappa shape index (κ3) is 5.00. The van der Waals surface area contributed by atoms with Gasteiger partial charge in [-0.25, -0.2) is 0 Å². The van der Waals surface area contributed by atoms with Crippen LogP contribution in [0.4, 0.5) is 5.69 Å². The van der Waals surface area contributed by atoms with Crippen molar-refractivity contribution in [2.45, 2.75) is 6.54 Å². The molecule has 0 aliphatic carbocycles. The lowest BCUT2D eigenvalue weighted by atomic mass is 10.2. The molecule has 0 spiro atoms. The first-order valence-corrected chi connectivity index (χ1v) is 8.39. The second kappa shape index (κ2) is 8.74. The molecule has 2 aromatic rings. The first kappa shape index (κ1) is 18.3. The minimum absolute atomic E-state index is 0.0620. The molecule has 122 valence electrons. The van der Waals surface area contributed by atoms with Crippen molar-refractivity contribution in [1.82, 2.24) is 5.32 Å². The van der Waals surface area contributed by atoms with Crippen molar-refractivity contribution in [3.05, 3.63) is 74.3 Å². The van der Waals surface area contributed by atoms with E-state index in [1.165, 1.54) is 12.3 Å². The number of anilines is 1. The molecular formula is C17H12BrCl2N3O. The minimum Gasteiger partial charge on any atom is -0.386 e. The van der Waals surface area contributed by atoms with Crippen molar-refractivity contribution in [2.24, 2.45) is 0 Å². The predicted octanol–water partition coefficient (Wildman–Crippen LogP) is 4.89. The summed E-state index contributed by atoms with van der Waals surface area (Å²) in [5.74, 6) is -0.554. The second-order valence-corrected chi connectivity index (χ2v) is 6.42. The van der Waals surface area contributed by atoms with E-state index in [4.69, 9.17) is 28.5 Å². The molecule has 0 aromatic heterocycles. The molecule has 0 aliphatic heterocycles. The van der Waals surface area contributed by atoms with Crippen molar-refractivity contribution in [3.8, 4) is 6.07 Å². The fourth-order valence-electron chi connectivity index (χ4n) is 1.83. The predicted molar refractivity (Wildman–Crippen MR) is 99.8 cm³/mol. The number of benzene rings is 2. The van der Waals surface area contributed by atoms with Crippen LogP contribution in [0, 0.1) is 11.3 Å². The van der Waals surface area contributed by atoms with E-state index in [-0.39, 0.29) is 5.57 Å². The molecule has 0 saturated heterocycles. The molecule has 0 unspecified atom stereocenters. The lowest BCUT2D eigenvalue weighted by Crippen LogP contribution is -2.17. The Morgan fingerprint density at radius 1 is 1.25 bits per heavy atom. The van der Waals surface area contributed by atoms with Crippen LogP contribution in [-0.4, -0.2) is 5.91 Å². The van der Waals surface area contributed by atoms with Crippen molar-refractivity contribution >= 4 is 50.7 Å². The lowest BCUT2D eigenvalue weighted by molar-refractivity contribution is -0.112. The van der Waals surface area contributed by atoms with Crippen LogP contribution in [0.25, 0.3) is 0 Å². The van der Waals surface area contributed by atoms with E-state index < -0.39 is 5.91 Å². The molecule has 0 bridgehead atoms. The fraction of sp³-hybridized carbons (Fsp3) is 0.0588. The Balaban J connectivity index is 2.03. The van der Waals surface area contributed by atoms with Crippen molar-refractivity contribution < 1.29 is 4.79 Å². The Bertz CT molecular complexity index is 831. The monoisotopic (exact) mass is 423 g/mol. The maximum absolute atomic E-state index is 12.1. The number of carbonyl (C=O) groups is 1. The molecule has 1 amide bonds. The lowest BCUT2D eigenvalue weighted by Gasteiger charge is -2.08. The van der Waals surface area contributed by atoms with Gasteiger partial charge in [0.1, 0.15) is 11.6 Å². The van der Waals surface area contributed by atoms with Crippen LogP contribution in [0.5, 0.6) is 0 Å². The van der Waals surface area contributed by atoms with Gasteiger partial charge in [0, 0.05) is 22.2 Å². The number of halogens is 3. The van der Waals surface area contributed by atoms with Crippen LogP contribution in [0.2, 0.25) is 10.0 Å².